The van der Waals surface area contributed by atoms with Crippen molar-refractivity contribution in [1.29, 1.82) is 0 Å². The molecule has 0 amide bonds. The van der Waals surface area contributed by atoms with Gasteiger partial charge in [0, 0.05) is 0 Å². The van der Waals surface area contributed by atoms with E-state index in [-0.39, 0.29) is 12.4 Å². The average molecular weight is 415 g/mol. The number of allylic oxidation sites excluding steroid dienone is 8. The molecule has 0 aromatic rings. The van der Waals surface area contributed by atoms with Crippen molar-refractivity contribution in [3.8, 4) is 0 Å². The third-order valence-electron chi connectivity index (χ3n) is 5.50. The summed E-state index contributed by atoms with van der Waals surface area (Å²) in [5.41, 5.74) is 9.73. The molecule has 0 N–H and O–H groups in total. The van der Waals surface area contributed by atoms with E-state index >= 15 is 0 Å². The van der Waals surface area contributed by atoms with E-state index in [0.29, 0.717) is 11.8 Å². The Hall–Kier alpha value is 0.350. The van der Waals surface area contributed by atoms with Crippen molar-refractivity contribution in [2.45, 2.75) is 54.4 Å². The molecule has 2 aliphatic carbocycles. The van der Waals surface area contributed by atoms with E-state index in [2.05, 4.69) is 69.8 Å². The molecule has 0 spiro atoms. The van der Waals surface area contributed by atoms with Gasteiger partial charge >= 0.3 is 138 Å². The van der Waals surface area contributed by atoms with Gasteiger partial charge in [0.2, 0.25) is 0 Å². The van der Waals surface area contributed by atoms with Gasteiger partial charge in [0.05, 0.1) is 0 Å². The molecule has 2 atom stereocenters. The molecule has 2 unspecified atom stereocenters. The fourth-order valence-corrected chi connectivity index (χ4v) is 13.3. The zero-order valence-corrected chi connectivity index (χ0v) is 20.2. The predicted molar refractivity (Wildman–Crippen MR) is 103 cm³/mol. The van der Waals surface area contributed by atoms with Gasteiger partial charge in [-0.15, -0.1) is 12.4 Å². The molecule has 2 rings (SSSR count). The summed E-state index contributed by atoms with van der Waals surface area (Å²) in [5, 5.41) is 0. The molecule has 0 saturated carbocycles. The smallest absolute Gasteiger partial charge is 0.147 e. The summed E-state index contributed by atoms with van der Waals surface area (Å²) in [4.78, 5) is 0. The summed E-state index contributed by atoms with van der Waals surface area (Å²) >= 11 is -2.11. The molecule has 0 aromatic carbocycles. The second-order valence-corrected chi connectivity index (χ2v) is 29.9. The van der Waals surface area contributed by atoms with Gasteiger partial charge in [0.25, 0.3) is 0 Å². The van der Waals surface area contributed by atoms with Crippen LogP contribution >= 0.6 is 12.4 Å². The predicted octanol–water partition coefficient (Wildman–Crippen LogP) is 5.82. The Kier molecular flexibility index (Phi) is 6.56. The maximum atomic E-state index is 2.62. The number of hydrogen-bond acceptors (Lipinski definition) is 0. The minimum Gasteiger partial charge on any atom is -0.147 e. The average Bonchev–Trinajstić information content (AvgIpc) is 2.71. The van der Waals surface area contributed by atoms with Crippen molar-refractivity contribution >= 4 is 19.3 Å². The molecule has 0 aromatic heterocycles. The van der Waals surface area contributed by atoms with Crippen molar-refractivity contribution in [3.05, 3.63) is 45.6 Å². The van der Waals surface area contributed by atoms with Crippen molar-refractivity contribution in [2.75, 3.05) is 0 Å². The molecule has 0 nitrogen and oxygen atoms in total. The summed E-state index contributed by atoms with van der Waals surface area (Å²) < 4.78 is 6.02. The van der Waals surface area contributed by atoms with Gasteiger partial charge in [-0.1, -0.05) is 0 Å². The van der Waals surface area contributed by atoms with Crippen LogP contribution in [0.3, 0.4) is 0 Å². The first-order valence-electron chi connectivity index (χ1n) is 8.18. The fourth-order valence-electron chi connectivity index (χ4n) is 4.24. The minimum absolute atomic E-state index is 0. The third kappa shape index (κ3) is 3.55. The molecular weight excluding hydrogens is 383 g/mol. The molecule has 123 valence electrons. The monoisotopic (exact) mass is 413 g/mol. The zero-order chi connectivity index (χ0) is 16.1. The van der Waals surface area contributed by atoms with Crippen molar-refractivity contribution < 1.29 is 18.9 Å². The molecule has 0 heterocycles. The van der Waals surface area contributed by atoms with Gasteiger partial charge in [0.15, 0.2) is 0 Å². The van der Waals surface area contributed by atoms with Crippen LogP contribution < -0.4 is 0 Å². The topological polar surface area (TPSA) is 0 Å². The van der Waals surface area contributed by atoms with E-state index in [1.165, 1.54) is 0 Å². The van der Waals surface area contributed by atoms with Crippen molar-refractivity contribution in [2.24, 2.45) is 11.8 Å². The van der Waals surface area contributed by atoms with E-state index in [9.17, 15) is 0 Å². The van der Waals surface area contributed by atoms with Gasteiger partial charge < -0.3 is 0 Å². The number of rotatable bonds is 3. The van der Waals surface area contributed by atoms with Crippen LogP contribution in [-0.4, -0.2) is 6.88 Å². The van der Waals surface area contributed by atoms with Crippen LogP contribution in [0.2, 0.25) is 12.9 Å². The van der Waals surface area contributed by atoms with E-state index in [4.69, 9.17) is 0 Å². The van der Waals surface area contributed by atoms with E-state index in [1.54, 1.807) is 33.4 Å². The Balaban J connectivity index is 0.00000242. The zero-order valence-electron chi connectivity index (χ0n) is 15.5. The van der Waals surface area contributed by atoms with Gasteiger partial charge in [0.1, 0.15) is 0 Å². The number of hydrogen-bond donors (Lipinski definition) is 0. The summed E-state index contributed by atoms with van der Waals surface area (Å²) in [6, 6.07) is 0. The summed E-state index contributed by atoms with van der Waals surface area (Å²) in [6.45, 7) is 16.5. The van der Waals surface area contributed by atoms with E-state index in [0.717, 1.165) is 3.63 Å². The first-order valence-corrected chi connectivity index (χ1v) is 20.4. The van der Waals surface area contributed by atoms with Gasteiger partial charge in [-0.05, 0) is 0 Å². The largest absolute Gasteiger partial charge is 0.147 e. The first kappa shape index (κ1) is 20.4. The molecule has 0 fully saturated rings. The van der Waals surface area contributed by atoms with Gasteiger partial charge in [-0.2, -0.15) is 0 Å². The van der Waals surface area contributed by atoms with Crippen LogP contribution in [0.15, 0.2) is 45.6 Å². The molecule has 3 heteroatoms. The van der Waals surface area contributed by atoms with Crippen LogP contribution in [0, 0.1) is 11.8 Å². The van der Waals surface area contributed by atoms with Crippen LogP contribution in [-0.2, 0) is 18.9 Å². The van der Waals surface area contributed by atoms with Crippen molar-refractivity contribution in [1.82, 2.24) is 0 Å². The Morgan fingerprint density at radius 2 is 1.18 bits per heavy atom. The van der Waals surface area contributed by atoms with Crippen LogP contribution in [0.4, 0.5) is 0 Å². The standard InChI is InChI=1S/C17H23.2CH3.ClH.H2Si.Zr/c1-10-7-12(3)16(14(10)5)9-17-13(4)8-11(2)15(17)6;;;;;/h7-9,14-15H,1-6H3;2*1H3;1H;1H2;. The van der Waals surface area contributed by atoms with Gasteiger partial charge in [-0.25, -0.2) is 0 Å². The van der Waals surface area contributed by atoms with Crippen LogP contribution in [0.1, 0.15) is 41.5 Å². The third-order valence-corrected chi connectivity index (χ3v) is 13.3. The van der Waals surface area contributed by atoms with Crippen LogP contribution in [0.25, 0.3) is 0 Å². The summed E-state index contributed by atoms with van der Waals surface area (Å²) in [5.74, 6) is 1.29. The molecule has 22 heavy (non-hydrogen) atoms. The van der Waals surface area contributed by atoms with E-state index in [1.807, 2.05) is 0 Å². The van der Waals surface area contributed by atoms with Gasteiger partial charge in [-0.3, -0.25) is 0 Å². The first-order chi connectivity index (χ1) is 9.55. The second kappa shape index (κ2) is 7.08. The Bertz CT molecular complexity index is 596. The SMILES string of the molecule is CC1=CC(C)=C([CH](C2=C(C)C=C(C)C2C)[Zr]([CH3])([CH3])=[SiH2])C1C.Cl. The Morgan fingerprint density at radius 1 is 0.864 bits per heavy atom. The molecule has 0 aliphatic heterocycles. The maximum absolute atomic E-state index is 2.62. The Labute approximate surface area is 149 Å². The molecule has 0 bridgehead atoms. The molecule has 0 saturated heterocycles. The quantitative estimate of drug-likeness (QED) is 0.510. The summed E-state index contributed by atoms with van der Waals surface area (Å²) in [7, 11) is 0. The maximum Gasteiger partial charge on any atom is -0.147 e. The fraction of sp³-hybridized carbons (Fsp3) is 0.579. The second-order valence-electron chi connectivity index (χ2n) is 7.92. The van der Waals surface area contributed by atoms with Crippen molar-refractivity contribution in [3.63, 3.8) is 0 Å². The molecular formula is C19H32ClSiZr. The molecule has 2 aliphatic rings. The summed E-state index contributed by atoms with van der Waals surface area (Å²) in [6.07, 6.45) is 4.87. The molecule has 0 radical (unpaired) electrons. The van der Waals surface area contributed by atoms with E-state index < -0.39 is 18.9 Å². The number of halogens is 1. The van der Waals surface area contributed by atoms with Crippen LogP contribution in [0.5, 0.6) is 0 Å². The normalized spacial score (nSPS) is 26.9. The Morgan fingerprint density at radius 3 is 1.36 bits per heavy atom. The minimum atomic E-state index is -2.11.